The van der Waals surface area contributed by atoms with Crippen LogP contribution in [0.5, 0.6) is 0 Å². The van der Waals surface area contributed by atoms with Crippen LogP contribution in [0, 0.1) is 0 Å². The van der Waals surface area contributed by atoms with Gasteiger partial charge in [0.2, 0.25) is 10.0 Å². The van der Waals surface area contributed by atoms with E-state index in [4.69, 9.17) is 0 Å². The van der Waals surface area contributed by atoms with Crippen molar-refractivity contribution in [2.45, 2.75) is 30.7 Å². The summed E-state index contributed by atoms with van der Waals surface area (Å²) in [6.07, 6.45) is 1.79. The van der Waals surface area contributed by atoms with Gasteiger partial charge in [-0.2, -0.15) is 0 Å². The van der Waals surface area contributed by atoms with E-state index in [2.05, 4.69) is 10.0 Å². The van der Waals surface area contributed by atoms with Crippen molar-refractivity contribution >= 4 is 28.2 Å². The van der Waals surface area contributed by atoms with Crippen molar-refractivity contribution in [2.75, 3.05) is 13.1 Å². The molecule has 1 unspecified atom stereocenters. The number of sulfonamides is 1. The molecule has 7 heteroatoms. The zero-order valence-electron chi connectivity index (χ0n) is 11.3. The molecule has 0 saturated carbocycles. The third-order valence-electron chi connectivity index (χ3n) is 3.17. The van der Waals surface area contributed by atoms with Gasteiger partial charge in [0.15, 0.2) is 5.78 Å². The average molecular weight is 319 g/mol. The van der Waals surface area contributed by atoms with Crippen molar-refractivity contribution in [2.24, 2.45) is 0 Å². The first-order valence-corrected chi connectivity index (χ1v) is 7.81. The number of carbonyl (C=O) groups excluding carboxylic acids is 1. The summed E-state index contributed by atoms with van der Waals surface area (Å²) in [4.78, 5) is 11.4. The molecule has 0 spiro atoms. The fourth-order valence-electron chi connectivity index (χ4n) is 2.12. The second kappa shape index (κ2) is 7.17. The number of ketones is 1. The lowest BCUT2D eigenvalue weighted by Crippen LogP contribution is -2.45. The maximum Gasteiger partial charge on any atom is 0.240 e. The Morgan fingerprint density at radius 1 is 1.40 bits per heavy atom. The molecule has 0 aliphatic carbocycles. The molecule has 5 nitrogen and oxygen atoms in total. The highest BCUT2D eigenvalue weighted by molar-refractivity contribution is 7.89. The maximum atomic E-state index is 12.2. The van der Waals surface area contributed by atoms with E-state index < -0.39 is 10.0 Å². The molecule has 1 saturated heterocycles. The van der Waals surface area contributed by atoms with Gasteiger partial charge in [-0.3, -0.25) is 4.79 Å². The fourth-order valence-corrected chi connectivity index (χ4v) is 3.44. The zero-order valence-corrected chi connectivity index (χ0v) is 12.9. The largest absolute Gasteiger partial charge is 0.315 e. The lowest BCUT2D eigenvalue weighted by Gasteiger charge is -2.23. The van der Waals surface area contributed by atoms with Crippen molar-refractivity contribution in [3.05, 3.63) is 29.8 Å². The van der Waals surface area contributed by atoms with Crippen LogP contribution >= 0.6 is 12.4 Å². The van der Waals surface area contributed by atoms with Gasteiger partial charge < -0.3 is 5.32 Å². The van der Waals surface area contributed by atoms with Gasteiger partial charge in [-0.15, -0.1) is 12.4 Å². The highest BCUT2D eigenvalue weighted by Crippen LogP contribution is 2.14. The molecule has 112 valence electrons. The van der Waals surface area contributed by atoms with Gasteiger partial charge in [-0.1, -0.05) is 12.1 Å². The van der Waals surface area contributed by atoms with Crippen LogP contribution in [-0.2, 0) is 10.0 Å². The topological polar surface area (TPSA) is 75.3 Å². The summed E-state index contributed by atoms with van der Waals surface area (Å²) in [7, 11) is -3.56. The van der Waals surface area contributed by atoms with E-state index in [1.54, 1.807) is 12.1 Å². The van der Waals surface area contributed by atoms with E-state index >= 15 is 0 Å². The van der Waals surface area contributed by atoms with Crippen LogP contribution in [0.15, 0.2) is 29.2 Å². The SMILES string of the molecule is CC(=O)c1cccc(S(=O)(=O)NC2CCCNC2)c1.Cl. The zero-order chi connectivity index (χ0) is 13.9. The first kappa shape index (κ1) is 17.1. The highest BCUT2D eigenvalue weighted by Gasteiger charge is 2.22. The van der Waals surface area contributed by atoms with Gasteiger partial charge >= 0.3 is 0 Å². The van der Waals surface area contributed by atoms with Gasteiger partial charge in [-0.05, 0) is 38.4 Å². The molecule has 1 aliphatic rings. The number of carbonyl (C=O) groups is 1. The summed E-state index contributed by atoms with van der Waals surface area (Å²) >= 11 is 0. The standard InChI is InChI=1S/C13H18N2O3S.ClH/c1-10(16)11-4-2-6-13(8-11)19(17,18)15-12-5-3-7-14-9-12;/h2,4,6,8,12,14-15H,3,5,7,9H2,1H3;1H. The number of hydrogen-bond donors (Lipinski definition) is 2. The Morgan fingerprint density at radius 3 is 2.75 bits per heavy atom. The number of piperidine rings is 1. The van der Waals surface area contributed by atoms with Crippen LogP contribution in [0.2, 0.25) is 0 Å². The quantitative estimate of drug-likeness (QED) is 0.822. The van der Waals surface area contributed by atoms with E-state index in [9.17, 15) is 13.2 Å². The number of rotatable bonds is 4. The summed E-state index contributed by atoms with van der Waals surface area (Å²) in [5.41, 5.74) is 0.407. The molecule has 0 aromatic heterocycles. The number of nitrogens with one attached hydrogen (secondary N) is 2. The summed E-state index contributed by atoms with van der Waals surface area (Å²) in [6.45, 7) is 2.99. The predicted molar refractivity (Wildman–Crippen MR) is 79.9 cm³/mol. The molecule has 0 bridgehead atoms. The molecular weight excluding hydrogens is 300 g/mol. The normalized spacial score (nSPS) is 19.1. The highest BCUT2D eigenvalue weighted by atomic mass is 35.5. The molecule has 2 rings (SSSR count). The third kappa shape index (κ3) is 4.28. The van der Waals surface area contributed by atoms with Crippen LogP contribution in [0.1, 0.15) is 30.1 Å². The van der Waals surface area contributed by atoms with Crippen molar-refractivity contribution in [3.63, 3.8) is 0 Å². The average Bonchev–Trinajstić information content (AvgIpc) is 2.39. The van der Waals surface area contributed by atoms with E-state index in [1.807, 2.05) is 0 Å². The third-order valence-corrected chi connectivity index (χ3v) is 4.69. The second-order valence-corrected chi connectivity index (χ2v) is 6.46. The Morgan fingerprint density at radius 2 is 2.15 bits per heavy atom. The first-order valence-electron chi connectivity index (χ1n) is 6.33. The molecular formula is C13H19ClN2O3S. The smallest absolute Gasteiger partial charge is 0.240 e. The molecule has 1 fully saturated rings. The van der Waals surface area contributed by atoms with Crippen LogP contribution < -0.4 is 10.0 Å². The molecule has 0 radical (unpaired) electrons. The van der Waals surface area contributed by atoms with Gasteiger partial charge in [0.05, 0.1) is 4.90 Å². The van der Waals surface area contributed by atoms with Crippen molar-refractivity contribution in [3.8, 4) is 0 Å². The van der Waals surface area contributed by atoms with Crippen LogP contribution in [0.25, 0.3) is 0 Å². The summed E-state index contributed by atoms with van der Waals surface area (Å²) < 4.78 is 27.1. The Labute approximate surface area is 125 Å². The van der Waals surface area contributed by atoms with Crippen molar-refractivity contribution < 1.29 is 13.2 Å². The van der Waals surface area contributed by atoms with E-state index in [-0.39, 0.29) is 29.1 Å². The molecule has 1 aliphatic heterocycles. The molecule has 1 aromatic rings. The lowest BCUT2D eigenvalue weighted by molar-refractivity contribution is 0.101. The summed E-state index contributed by atoms with van der Waals surface area (Å²) in [5.74, 6) is -0.142. The van der Waals surface area contributed by atoms with Gasteiger partial charge in [0.25, 0.3) is 0 Å². The monoisotopic (exact) mass is 318 g/mol. The van der Waals surface area contributed by atoms with E-state index in [0.29, 0.717) is 12.1 Å². The molecule has 1 aromatic carbocycles. The van der Waals surface area contributed by atoms with E-state index in [0.717, 1.165) is 19.4 Å². The van der Waals surface area contributed by atoms with Crippen molar-refractivity contribution in [1.29, 1.82) is 0 Å². The fraction of sp³-hybridized carbons (Fsp3) is 0.462. The predicted octanol–water partition coefficient (Wildman–Crippen LogP) is 1.34. The number of Topliss-reactive ketones (excluding diaryl/α,β-unsaturated/α-hetero) is 1. The Hall–Kier alpha value is -0.950. The van der Waals surface area contributed by atoms with Crippen LogP contribution in [0.3, 0.4) is 0 Å². The molecule has 20 heavy (non-hydrogen) atoms. The lowest BCUT2D eigenvalue weighted by atomic mass is 10.1. The van der Waals surface area contributed by atoms with Crippen molar-refractivity contribution in [1.82, 2.24) is 10.0 Å². The maximum absolute atomic E-state index is 12.2. The Bertz CT molecular complexity index is 569. The molecule has 1 heterocycles. The van der Waals surface area contributed by atoms with Crippen LogP contribution in [0.4, 0.5) is 0 Å². The Balaban J connectivity index is 0.00000200. The number of benzene rings is 1. The number of halogens is 1. The second-order valence-electron chi connectivity index (χ2n) is 4.75. The minimum Gasteiger partial charge on any atom is -0.315 e. The summed E-state index contributed by atoms with van der Waals surface area (Å²) in [5, 5.41) is 3.16. The van der Waals surface area contributed by atoms with Gasteiger partial charge in [0, 0.05) is 18.2 Å². The minimum absolute atomic E-state index is 0. The first-order chi connectivity index (χ1) is 8.99. The molecule has 0 amide bonds. The Kier molecular flexibility index (Phi) is 6.13. The summed E-state index contributed by atoms with van der Waals surface area (Å²) in [6, 6.07) is 6.04. The minimum atomic E-state index is -3.56. The van der Waals surface area contributed by atoms with E-state index in [1.165, 1.54) is 19.1 Å². The van der Waals surface area contributed by atoms with Gasteiger partial charge in [-0.25, -0.2) is 13.1 Å². The molecule has 1 atom stereocenters. The number of hydrogen-bond acceptors (Lipinski definition) is 4. The van der Waals surface area contributed by atoms with Gasteiger partial charge in [0.1, 0.15) is 0 Å². The van der Waals surface area contributed by atoms with Crippen LogP contribution in [-0.4, -0.2) is 33.3 Å². The molecule has 2 N–H and O–H groups in total.